The van der Waals surface area contributed by atoms with Gasteiger partial charge in [-0.3, -0.25) is 9.78 Å². The zero-order valence-electron chi connectivity index (χ0n) is 27.5. The summed E-state index contributed by atoms with van der Waals surface area (Å²) in [4.78, 5) is 19.0. The Morgan fingerprint density at radius 2 is 1.78 bits per heavy atom. The number of ether oxygens (including phenoxy) is 2. The quantitative estimate of drug-likeness (QED) is 0.0792. The van der Waals surface area contributed by atoms with Crippen LogP contribution in [0.25, 0.3) is 10.9 Å². The molecule has 0 aliphatic rings. The molecule has 0 aliphatic carbocycles. The van der Waals surface area contributed by atoms with Gasteiger partial charge in [0.05, 0.1) is 46.8 Å². The van der Waals surface area contributed by atoms with Gasteiger partial charge in [-0.15, -0.1) is 0 Å². The van der Waals surface area contributed by atoms with Crippen molar-refractivity contribution in [2.45, 2.75) is 37.9 Å². The third kappa shape index (κ3) is 10.1. The maximum absolute atomic E-state index is 13.0. The van der Waals surface area contributed by atoms with Gasteiger partial charge >= 0.3 is 0 Å². The number of nitrogens with one attached hydrogen (secondary N) is 2. The molecule has 0 unspecified atom stereocenters. The average Bonchev–Trinajstić information content (AvgIpc) is 3.11. The summed E-state index contributed by atoms with van der Waals surface area (Å²) in [6.45, 7) is 1.78. The molecule has 0 aliphatic heterocycles. The first-order valence-corrected chi connectivity index (χ1v) is 16.1. The number of hydrogen-bond donors (Lipinski definition) is 7. The molecular weight excluding hydrogens is 666 g/mol. The van der Waals surface area contributed by atoms with E-state index in [1.54, 1.807) is 49.2 Å². The van der Waals surface area contributed by atoms with Crippen molar-refractivity contribution >= 4 is 45.5 Å². The van der Waals surface area contributed by atoms with Crippen molar-refractivity contribution in [3.8, 4) is 17.6 Å². The van der Waals surface area contributed by atoms with Crippen molar-refractivity contribution in [1.29, 1.82) is 5.26 Å². The molecule has 0 bridgehead atoms. The molecule has 7 N–H and O–H groups in total. The highest BCUT2D eigenvalue weighted by molar-refractivity contribution is 6.32. The summed E-state index contributed by atoms with van der Waals surface area (Å²) in [5.74, 6) is 0.375. The number of aromatic nitrogens is 1. The van der Waals surface area contributed by atoms with Gasteiger partial charge < -0.3 is 50.5 Å². The molecule has 264 valence electrons. The lowest BCUT2D eigenvalue weighted by molar-refractivity contribution is -0.118. The molecule has 1 amide bonds. The van der Waals surface area contributed by atoms with Gasteiger partial charge in [0.2, 0.25) is 5.91 Å². The number of nitriles is 1. The zero-order chi connectivity index (χ0) is 36.2. The van der Waals surface area contributed by atoms with Gasteiger partial charge in [0.1, 0.15) is 42.5 Å². The Kier molecular flexibility index (Phi) is 13.9. The Labute approximate surface area is 294 Å². The van der Waals surface area contributed by atoms with Crippen LogP contribution in [0, 0.1) is 11.3 Å². The van der Waals surface area contributed by atoms with E-state index in [0.29, 0.717) is 57.7 Å². The number of carbonyl (C=O) groups is 1. The van der Waals surface area contributed by atoms with Gasteiger partial charge in [-0.25, -0.2) is 0 Å². The standard InChI is InChI=1S/C36H40ClN5O8/c1-3-49-32-16-27-25(15-28(32)41-33(46)10-7-13-42(2)19-29(44)35(47)36(48)30(45)20-43)34(23(17-38)18-39-27)40-24-11-12-31(26(37)14-24)50-21-22-8-5-4-6-9-22/h4-12,14-16,18,29-30,35-36,43-45,47-48H,3,13,19-21H2,1-2H3,(H,39,40)(H,41,46)/b10-7+/t29-,30+,35+,36+/m0/s1. The molecule has 0 radical (unpaired) electrons. The highest BCUT2D eigenvalue weighted by atomic mass is 35.5. The lowest BCUT2D eigenvalue weighted by Crippen LogP contribution is -2.49. The Morgan fingerprint density at radius 1 is 1.04 bits per heavy atom. The SMILES string of the molecule is CCOc1cc2ncc(C#N)c(Nc3ccc(OCc4ccccc4)c(Cl)c3)c2cc1NC(=O)/C=C/CN(C)C[C@H](O)[C@@H](O)[C@H](O)[C@H](O)CO. The van der Waals surface area contributed by atoms with E-state index in [2.05, 4.69) is 21.7 Å². The fraction of sp³-hybridized carbons (Fsp3) is 0.306. The molecule has 0 saturated carbocycles. The largest absolute Gasteiger partial charge is 0.492 e. The van der Waals surface area contributed by atoms with E-state index in [1.807, 2.05) is 30.3 Å². The third-order valence-electron chi connectivity index (χ3n) is 7.60. The summed E-state index contributed by atoms with van der Waals surface area (Å²) in [5.41, 5.74) is 3.13. The van der Waals surface area contributed by atoms with Gasteiger partial charge in [0, 0.05) is 42.5 Å². The maximum Gasteiger partial charge on any atom is 0.248 e. The fourth-order valence-corrected chi connectivity index (χ4v) is 5.20. The number of benzene rings is 3. The van der Waals surface area contributed by atoms with E-state index in [4.69, 9.17) is 26.2 Å². The van der Waals surface area contributed by atoms with Crippen molar-refractivity contribution in [2.24, 2.45) is 0 Å². The lowest BCUT2D eigenvalue weighted by Gasteiger charge is -2.28. The maximum atomic E-state index is 13.0. The minimum absolute atomic E-state index is 0.0971. The number of aliphatic hydroxyl groups is 5. The molecule has 1 heterocycles. The second-order valence-corrected chi connectivity index (χ2v) is 11.8. The summed E-state index contributed by atoms with van der Waals surface area (Å²) in [5, 5.41) is 65.5. The van der Waals surface area contributed by atoms with Crippen LogP contribution in [0.3, 0.4) is 0 Å². The number of hydrogen-bond acceptors (Lipinski definition) is 12. The van der Waals surface area contributed by atoms with E-state index in [-0.39, 0.29) is 18.7 Å². The number of anilines is 3. The van der Waals surface area contributed by atoms with Crippen LogP contribution in [0.4, 0.5) is 17.1 Å². The van der Waals surface area contributed by atoms with Crippen LogP contribution in [0.2, 0.25) is 5.02 Å². The van der Waals surface area contributed by atoms with Crippen LogP contribution < -0.4 is 20.1 Å². The summed E-state index contributed by atoms with van der Waals surface area (Å²) in [7, 11) is 1.62. The Balaban J connectivity index is 1.50. The van der Waals surface area contributed by atoms with E-state index in [9.17, 15) is 30.5 Å². The molecule has 50 heavy (non-hydrogen) atoms. The van der Waals surface area contributed by atoms with Gasteiger partial charge in [0.15, 0.2) is 0 Å². The van der Waals surface area contributed by atoms with Gasteiger partial charge in [-0.1, -0.05) is 48.0 Å². The molecule has 0 saturated heterocycles. The number of pyridine rings is 1. The molecule has 4 rings (SSSR count). The molecular formula is C36H40ClN5O8. The van der Waals surface area contributed by atoms with E-state index in [1.165, 1.54) is 18.3 Å². The summed E-state index contributed by atoms with van der Waals surface area (Å²) in [6, 6.07) is 20.4. The van der Waals surface area contributed by atoms with Gasteiger partial charge in [-0.05, 0) is 43.8 Å². The molecule has 14 heteroatoms. The zero-order valence-corrected chi connectivity index (χ0v) is 28.3. The Morgan fingerprint density at radius 3 is 2.46 bits per heavy atom. The first-order chi connectivity index (χ1) is 24.0. The Hall–Kier alpha value is -4.78. The van der Waals surface area contributed by atoms with Crippen molar-refractivity contribution in [3.63, 3.8) is 0 Å². The summed E-state index contributed by atoms with van der Waals surface area (Å²) < 4.78 is 11.7. The van der Waals surface area contributed by atoms with Crippen molar-refractivity contribution in [2.75, 3.05) is 44.0 Å². The van der Waals surface area contributed by atoms with Crippen LogP contribution in [0.15, 0.2) is 79.0 Å². The molecule has 0 spiro atoms. The first-order valence-electron chi connectivity index (χ1n) is 15.8. The number of amides is 1. The van der Waals surface area contributed by atoms with Gasteiger partial charge in [-0.2, -0.15) is 5.26 Å². The average molecular weight is 706 g/mol. The summed E-state index contributed by atoms with van der Waals surface area (Å²) >= 11 is 6.55. The second kappa shape index (κ2) is 18.3. The number of aliphatic hydroxyl groups excluding tert-OH is 5. The molecule has 0 fully saturated rings. The number of likely N-dealkylation sites (N-methyl/N-ethyl adjacent to an activating group) is 1. The highest BCUT2D eigenvalue weighted by Gasteiger charge is 2.30. The number of halogens is 1. The van der Waals surface area contributed by atoms with Crippen molar-refractivity contribution in [3.05, 3.63) is 95.2 Å². The number of fused-ring (bicyclic) bond motifs is 1. The van der Waals surface area contributed by atoms with Crippen molar-refractivity contribution in [1.82, 2.24) is 9.88 Å². The topological polar surface area (TPSA) is 201 Å². The smallest absolute Gasteiger partial charge is 0.248 e. The Bertz CT molecular complexity index is 1820. The van der Waals surface area contributed by atoms with E-state index in [0.717, 1.165) is 5.56 Å². The third-order valence-corrected chi connectivity index (χ3v) is 7.89. The monoisotopic (exact) mass is 705 g/mol. The van der Waals surface area contributed by atoms with E-state index < -0.39 is 36.9 Å². The van der Waals surface area contributed by atoms with Crippen LogP contribution in [-0.2, 0) is 11.4 Å². The van der Waals surface area contributed by atoms with Crippen molar-refractivity contribution < 1.29 is 39.8 Å². The van der Waals surface area contributed by atoms with Gasteiger partial charge in [0.25, 0.3) is 0 Å². The molecule has 3 aromatic carbocycles. The molecule has 4 aromatic rings. The van der Waals surface area contributed by atoms with Crippen LogP contribution >= 0.6 is 11.6 Å². The predicted molar refractivity (Wildman–Crippen MR) is 190 cm³/mol. The predicted octanol–water partition coefficient (Wildman–Crippen LogP) is 3.34. The fourth-order valence-electron chi connectivity index (χ4n) is 4.97. The number of nitrogens with zero attached hydrogens (tertiary/aromatic N) is 3. The lowest BCUT2D eigenvalue weighted by atomic mass is 10.0. The minimum Gasteiger partial charge on any atom is -0.492 e. The highest BCUT2D eigenvalue weighted by Crippen LogP contribution is 2.37. The molecule has 1 aromatic heterocycles. The van der Waals surface area contributed by atoms with E-state index >= 15 is 0 Å². The molecule has 4 atom stereocenters. The normalized spacial score (nSPS) is 13.8. The number of carbonyl (C=O) groups excluding carboxylic acids is 1. The number of rotatable bonds is 17. The second-order valence-electron chi connectivity index (χ2n) is 11.4. The van der Waals surface area contributed by atoms with Crippen LogP contribution in [0.1, 0.15) is 18.1 Å². The van der Waals surface area contributed by atoms with Crippen LogP contribution in [-0.4, -0.2) is 99.1 Å². The molecule has 13 nitrogen and oxygen atoms in total. The first kappa shape index (κ1) is 38.0. The minimum atomic E-state index is -1.73. The van der Waals surface area contributed by atoms with Crippen LogP contribution in [0.5, 0.6) is 11.5 Å². The summed E-state index contributed by atoms with van der Waals surface area (Å²) in [6.07, 6.45) is -2.18.